The summed E-state index contributed by atoms with van der Waals surface area (Å²) in [5, 5.41) is 0. The lowest BCUT2D eigenvalue weighted by Gasteiger charge is -2.32. The van der Waals surface area contributed by atoms with Crippen molar-refractivity contribution in [1.82, 2.24) is 10.5 Å². The molecule has 1 fully saturated rings. The van der Waals surface area contributed by atoms with E-state index < -0.39 is 0 Å². The Hall–Kier alpha value is -0.690. The molecule has 0 bridgehead atoms. The van der Waals surface area contributed by atoms with Crippen molar-refractivity contribution >= 4 is 5.97 Å². The van der Waals surface area contributed by atoms with Gasteiger partial charge in [-0.15, -0.1) is 0 Å². The van der Waals surface area contributed by atoms with Gasteiger partial charge in [0.1, 0.15) is 0 Å². The van der Waals surface area contributed by atoms with Crippen LogP contribution in [0, 0.1) is 0 Å². The van der Waals surface area contributed by atoms with E-state index in [0.717, 1.165) is 19.8 Å². The second-order valence-corrected chi connectivity index (χ2v) is 3.30. The predicted octanol–water partition coefficient (Wildman–Crippen LogP) is -0.981. The molecule has 1 rings (SSSR count). The van der Waals surface area contributed by atoms with Crippen molar-refractivity contribution in [2.75, 3.05) is 26.3 Å². The molecule has 0 spiro atoms. The van der Waals surface area contributed by atoms with Gasteiger partial charge in [0, 0.05) is 19.1 Å². The SMILES string of the molecule is CC1COCCN1CCC(=O)ONN. The Morgan fingerprint density at radius 1 is 1.79 bits per heavy atom. The molecule has 3 N–H and O–H groups in total. The van der Waals surface area contributed by atoms with Crippen LogP contribution in [0.4, 0.5) is 0 Å². The van der Waals surface area contributed by atoms with Crippen LogP contribution in [0.5, 0.6) is 0 Å². The first-order chi connectivity index (χ1) is 6.74. The number of hydrogen-bond donors (Lipinski definition) is 2. The standard InChI is InChI=1S/C8H17N3O3/c1-7-6-13-5-4-11(7)3-2-8(12)14-10-9/h7,10H,2-6,9H2,1H3. The van der Waals surface area contributed by atoms with Crippen molar-refractivity contribution < 1.29 is 14.4 Å². The summed E-state index contributed by atoms with van der Waals surface area (Å²) in [7, 11) is 0. The number of hydrogen-bond acceptors (Lipinski definition) is 6. The number of ether oxygens (including phenoxy) is 1. The number of rotatable bonds is 4. The summed E-state index contributed by atoms with van der Waals surface area (Å²) in [4.78, 5) is 17.6. The van der Waals surface area contributed by atoms with Crippen molar-refractivity contribution in [3.8, 4) is 0 Å². The van der Waals surface area contributed by atoms with E-state index in [1.807, 2.05) is 5.59 Å². The minimum atomic E-state index is -0.341. The number of carbonyl (C=O) groups excluding carboxylic acids is 1. The van der Waals surface area contributed by atoms with Crippen molar-refractivity contribution in [2.24, 2.45) is 5.84 Å². The fourth-order valence-electron chi connectivity index (χ4n) is 1.45. The molecule has 1 saturated heterocycles. The van der Waals surface area contributed by atoms with E-state index >= 15 is 0 Å². The van der Waals surface area contributed by atoms with Crippen LogP contribution in [0.3, 0.4) is 0 Å². The fourth-order valence-corrected chi connectivity index (χ4v) is 1.45. The Bertz CT molecular complexity index is 189. The van der Waals surface area contributed by atoms with Gasteiger partial charge >= 0.3 is 5.97 Å². The number of hydrazine groups is 1. The van der Waals surface area contributed by atoms with Gasteiger partial charge in [-0.05, 0) is 6.92 Å². The lowest BCUT2D eigenvalue weighted by molar-refractivity contribution is -0.152. The van der Waals surface area contributed by atoms with Gasteiger partial charge in [-0.2, -0.15) is 0 Å². The van der Waals surface area contributed by atoms with Crippen LogP contribution in [0.15, 0.2) is 0 Å². The van der Waals surface area contributed by atoms with Gasteiger partial charge in [0.25, 0.3) is 0 Å². The maximum Gasteiger partial charge on any atom is 0.327 e. The molecule has 1 unspecified atom stereocenters. The smallest absolute Gasteiger partial charge is 0.327 e. The van der Waals surface area contributed by atoms with Crippen LogP contribution in [0.25, 0.3) is 0 Å². The molecule has 0 aromatic heterocycles. The summed E-state index contributed by atoms with van der Waals surface area (Å²) >= 11 is 0. The summed E-state index contributed by atoms with van der Waals surface area (Å²) in [5.41, 5.74) is 1.87. The number of carbonyl (C=O) groups is 1. The molecule has 6 heteroatoms. The third-order valence-electron chi connectivity index (χ3n) is 2.28. The summed E-state index contributed by atoms with van der Waals surface area (Å²) in [5.74, 6) is 4.50. The zero-order valence-corrected chi connectivity index (χ0v) is 8.36. The Balaban J connectivity index is 2.19. The molecule has 82 valence electrons. The molecule has 0 aromatic rings. The van der Waals surface area contributed by atoms with Gasteiger partial charge in [-0.3, -0.25) is 9.69 Å². The van der Waals surface area contributed by atoms with Crippen LogP contribution >= 0.6 is 0 Å². The van der Waals surface area contributed by atoms with Crippen LogP contribution < -0.4 is 11.4 Å². The largest absolute Gasteiger partial charge is 0.379 e. The molecule has 0 aromatic carbocycles. The van der Waals surface area contributed by atoms with Crippen molar-refractivity contribution in [2.45, 2.75) is 19.4 Å². The van der Waals surface area contributed by atoms with Gasteiger partial charge in [0.05, 0.1) is 19.6 Å². The van der Waals surface area contributed by atoms with E-state index in [4.69, 9.17) is 10.6 Å². The number of nitrogens with zero attached hydrogens (tertiary/aromatic N) is 1. The molecule has 0 radical (unpaired) electrons. The number of nitrogens with one attached hydrogen (secondary N) is 1. The third kappa shape index (κ3) is 3.59. The quantitative estimate of drug-likeness (QED) is 0.451. The zero-order chi connectivity index (χ0) is 10.4. The second-order valence-electron chi connectivity index (χ2n) is 3.30. The van der Waals surface area contributed by atoms with Crippen molar-refractivity contribution in [3.05, 3.63) is 0 Å². The van der Waals surface area contributed by atoms with Crippen molar-refractivity contribution in [3.63, 3.8) is 0 Å². The van der Waals surface area contributed by atoms with Crippen LogP contribution in [0.1, 0.15) is 13.3 Å². The van der Waals surface area contributed by atoms with E-state index in [9.17, 15) is 4.79 Å². The van der Waals surface area contributed by atoms with Gasteiger partial charge in [0.2, 0.25) is 0 Å². The predicted molar refractivity (Wildman–Crippen MR) is 49.9 cm³/mol. The minimum Gasteiger partial charge on any atom is -0.379 e. The maximum atomic E-state index is 11.0. The fraction of sp³-hybridized carbons (Fsp3) is 0.875. The highest BCUT2D eigenvalue weighted by Crippen LogP contribution is 2.06. The van der Waals surface area contributed by atoms with E-state index in [0.29, 0.717) is 19.0 Å². The summed E-state index contributed by atoms with van der Waals surface area (Å²) in [6, 6.07) is 0.363. The van der Waals surface area contributed by atoms with Crippen LogP contribution in [-0.2, 0) is 14.4 Å². The molecule has 6 nitrogen and oxygen atoms in total. The first kappa shape index (κ1) is 11.4. The first-order valence-corrected chi connectivity index (χ1v) is 4.71. The molecule has 1 aliphatic rings. The Kier molecular flexibility index (Phi) is 4.81. The topological polar surface area (TPSA) is 76.8 Å². The maximum absolute atomic E-state index is 11.0. The van der Waals surface area contributed by atoms with E-state index in [1.54, 1.807) is 0 Å². The average molecular weight is 203 g/mol. The normalized spacial score (nSPS) is 23.4. The number of nitrogens with two attached hydrogens (primary N) is 1. The monoisotopic (exact) mass is 203 g/mol. The Morgan fingerprint density at radius 3 is 3.21 bits per heavy atom. The average Bonchev–Trinajstić information content (AvgIpc) is 2.17. The van der Waals surface area contributed by atoms with Gasteiger partial charge < -0.3 is 9.57 Å². The second kappa shape index (κ2) is 5.92. The van der Waals surface area contributed by atoms with Gasteiger partial charge in [-0.25, -0.2) is 5.84 Å². The van der Waals surface area contributed by atoms with Crippen molar-refractivity contribution in [1.29, 1.82) is 0 Å². The lowest BCUT2D eigenvalue weighted by Crippen LogP contribution is -2.44. The molecule has 0 saturated carbocycles. The highest BCUT2D eigenvalue weighted by molar-refractivity contribution is 5.69. The zero-order valence-electron chi connectivity index (χ0n) is 8.36. The van der Waals surface area contributed by atoms with E-state index in [-0.39, 0.29) is 5.97 Å². The minimum absolute atomic E-state index is 0.341. The molecule has 0 aliphatic carbocycles. The number of morpholine rings is 1. The highest BCUT2D eigenvalue weighted by Gasteiger charge is 2.19. The van der Waals surface area contributed by atoms with Gasteiger partial charge in [0.15, 0.2) is 0 Å². The molecular formula is C8H17N3O3. The molecule has 1 heterocycles. The van der Waals surface area contributed by atoms with Gasteiger partial charge in [-0.1, -0.05) is 5.59 Å². The molecule has 1 atom stereocenters. The molecule has 0 amide bonds. The first-order valence-electron chi connectivity index (χ1n) is 4.71. The van der Waals surface area contributed by atoms with Crippen LogP contribution in [0.2, 0.25) is 0 Å². The van der Waals surface area contributed by atoms with E-state index in [2.05, 4.69) is 16.7 Å². The highest BCUT2D eigenvalue weighted by atomic mass is 16.7. The van der Waals surface area contributed by atoms with E-state index in [1.165, 1.54) is 0 Å². The lowest BCUT2D eigenvalue weighted by atomic mass is 10.2. The summed E-state index contributed by atoms with van der Waals surface area (Å²) < 4.78 is 5.28. The van der Waals surface area contributed by atoms with Crippen LogP contribution in [-0.4, -0.2) is 43.2 Å². The summed E-state index contributed by atoms with van der Waals surface area (Å²) in [6.07, 6.45) is 0.342. The molecular weight excluding hydrogens is 186 g/mol. The summed E-state index contributed by atoms with van der Waals surface area (Å²) in [6.45, 7) is 5.08. The third-order valence-corrected chi connectivity index (χ3v) is 2.28. The molecule has 1 aliphatic heterocycles. The molecule has 14 heavy (non-hydrogen) atoms. The Labute approximate surface area is 83.3 Å². The Morgan fingerprint density at radius 2 is 2.57 bits per heavy atom.